The molecule has 0 atom stereocenters. The molecule has 20 heavy (non-hydrogen) atoms. The first-order valence-electron chi connectivity index (χ1n) is 6.29. The Balaban J connectivity index is 2.29. The van der Waals surface area contributed by atoms with Crippen LogP contribution >= 0.6 is 0 Å². The standard InChI is InChI=1S/C14H17N5O/c1-11-9-14(17-16-10-11)19(8-7-13(15)18-20)12-5-3-2-4-6-12/h2-6,9-10,20H,7-8H2,1H3,(H2,15,18). The first kappa shape index (κ1) is 13.8. The Morgan fingerprint density at radius 1 is 1.35 bits per heavy atom. The minimum atomic E-state index is 0.187. The number of nitrogens with zero attached hydrogens (tertiary/aromatic N) is 4. The summed E-state index contributed by atoms with van der Waals surface area (Å²) in [5, 5.41) is 19.8. The lowest BCUT2D eigenvalue weighted by molar-refractivity contribution is 0.317. The van der Waals surface area contributed by atoms with Gasteiger partial charge in [0.1, 0.15) is 5.84 Å². The predicted octanol–water partition coefficient (Wildman–Crippen LogP) is 2.06. The fourth-order valence-corrected chi connectivity index (χ4v) is 1.84. The lowest BCUT2D eigenvalue weighted by Crippen LogP contribution is -2.25. The molecule has 0 amide bonds. The fourth-order valence-electron chi connectivity index (χ4n) is 1.84. The van der Waals surface area contributed by atoms with E-state index in [0.717, 1.165) is 17.1 Å². The number of aryl methyl sites for hydroxylation is 1. The fraction of sp³-hybridized carbons (Fsp3) is 0.214. The van der Waals surface area contributed by atoms with E-state index in [0.29, 0.717) is 13.0 Å². The van der Waals surface area contributed by atoms with Crippen LogP contribution in [0, 0.1) is 6.92 Å². The maximum atomic E-state index is 8.65. The quantitative estimate of drug-likeness (QED) is 0.376. The summed E-state index contributed by atoms with van der Waals surface area (Å²) in [7, 11) is 0. The van der Waals surface area contributed by atoms with Crippen molar-refractivity contribution in [2.75, 3.05) is 11.4 Å². The van der Waals surface area contributed by atoms with Crippen molar-refractivity contribution in [2.45, 2.75) is 13.3 Å². The van der Waals surface area contributed by atoms with E-state index >= 15 is 0 Å². The second-order valence-electron chi connectivity index (χ2n) is 4.42. The Bertz CT molecular complexity index is 585. The molecular weight excluding hydrogens is 254 g/mol. The molecule has 0 spiro atoms. The lowest BCUT2D eigenvalue weighted by Gasteiger charge is -2.23. The normalized spacial score (nSPS) is 11.3. The second kappa shape index (κ2) is 6.51. The molecule has 2 rings (SSSR count). The van der Waals surface area contributed by atoms with Crippen LogP contribution in [-0.2, 0) is 0 Å². The number of hydrogen-bond donors (Lipinski definition) is 2. The van der Waals surface area contributed by atoms with Crippen LogP contribution in [0.2, 0.25) is 0 Å². The molecule has 0 aliphatic rings. The molecule has 0 saturated heterocycles. The molecule has 6 heteroatoms. The molecule has 0 fully saturated rings. The average molecular weight is 271 g/mol. The number of aromatic nitrogens is 2. The van der Waals surface area contributed by atoms with Gasteiger partial charge in [0.25, 0.3) is 0 Å². The Morgan fingerprint density at radius 2 is 2.10 bits per heavy atom. The maximum Gasteiger partial charge on any atom is 0.155 e. The lowest BCUT2D eigenvalue weighted by atomic mass is 10.2. The van der Waals surface area contributed by atoms with E-state index in [2.05, 4.69) is 15.4 Å². The molecule has 6 nitrogen and oxygen atoms in total. The molecule has 1 aromatic heterocycles. The summed E-state index contributed by atoms with van der Waals surface area (Å²) in [5.74, 6) is 0.925. The van der Waals surface area contributed by atoms with Gasteiger partial charge in [-0.05, 0) is 30.7 Å². The zero-order chi connectivity index (χ0) is 14.4. The summed E-state index contributed by atoms with van der Waals surface area (Å²) in [5.41, 5.74) is 7.56. The zero-order valence-electron chi connectivity index (χ0n) is 11.3. The van der Waals surface area contributed by atoms with Gasteiger partial charge < -0.3 is 15.8 Å². The van der Waals surface area contributed by atoms with E-state index < -0.39 is 0 Å². The van der Waals surface area contributed by atoms with Gasteiger partial charge in [-0.2, -0.15) is 5.10 Å². The van der Waals surface area contributed by atoms with Crippen LogP contribution in [-0.4, -0.2) is 27.8 Å². The van der Waals surface area contributed by atoms with E-state index in [9.17, 15) is 0 Å². The van der Waals surface area contributed by atoms with Crippen LogP contribution in [0.1, 0.15) is 12.0 Å². The minimum absolute atomic E-state index is 0.187. The number of benzene rings is 1. The van der Waals surface area contributed by atoms with Gasteiger partial charge in [-0.25, -0.2) is 0 Å². The van der Waals surface area contributed by atoms with Gasteiger partial charge in [-0.3, -0.25) is 0 Å². The highest BCUT2D eigenvalue weighted by atomic mass is 16.4. The monoisotopic (exact) mass is 271 g/mol. The number of oxime groups is 1. The molecular formula is C14H17N5O. The largest absolute Gasteiger partial charge is 0.409 e. The summed E-state index contributed by atoms with van der Waals surface area (Å²) >= 11 is 0. The number of amidine groups is 1. The number of anilines is 2. The van der Waals surface area contributed by atoms with Gasteiger partial charge in [-0.15, -0.1) is 5.10 Å². The van der Waals surface area contributed by atoms with Gasteiger partial charge in [-0.1, -0.05) is 23.4 Å². The maximum absolute atomic E-state index is 8.65. The first-order valence-corrected chi connectivity index (χ1v) is 6.29. The third-order valence-corrected chi connectivity index (χ3v) is 2.84. The first-order chi connectivity index (χ1) is 9.70. The third-order valence-electron chi connectivity index (χ3n) is 2.84. The average Bonchev–Trinajstić information content (AvgIpc) is 2.48. The summed E-state index contributed by atoms with van der Waals surface area (Å²) in [6.45, 7) is 2.52. The van der Waals surface area contributed by atoms with E-state index in [-0.39, 0.29) is 5.84 Å². The predicted molar refractivity (Wildman–Crippen MR) is 78.2 cm³/mol. The molecule has 2 aromatic rings. The van der Waals surface area contributed by atoms with E-state index in [1.54, 1.807) is 6.20 Å². The smallest absolute Gasteiger partial charge is 0.155 e. The number of nitrogens with two attached hydrogens (primary N) is 1. The van der Waals surface area contributed by atoms with Crippen molar-refractivity contribution in [1.82, 2.24) is 10.2 Å². The van der Waals surface area contributed by atoms with Crippen LogP contribution in [0.4, 0.5) is 11.5 Å². The number of hydrogen-bond acceptors (Lipinski definition) is 5. The second-order valence-corrected chi connectivity index (χ2v) is 4.42. The van der Waals surface area contributed by atoms with Gasteiger partial charge >= 0.3 is 0 Å². The van der Waals surface area contributed by atoms with Crippen LogP contribution in [0.15, 0.2) is 47.8 Å². The highest BCUT2D eigenvalue weighted by molar-refractivity contribution is 5.80. The molecule has 0 aliphatic heterocycles. The Morgan fingerprint density at radius 3 is 2.75 bits per heavy atom. The van der Waals surface area contributed by atoms with Gasteiger partial charge in [0.05, 0.1) is 6.20 Å². The van der Waals surface area contributed by atoms with Crippen molar-refractivity contribution in [3.8, 4) is 0 Å². The van der Waals surface area contributed by atoms with Crippen molar-refractivity contribution >= 4 is 17.3 Å². The van der Waals surface area contributed by atoms with Crippen LogP contribution in [0.5, 0.6) is 0 Å². The van der Waals surface area contributed by atoms with Crippen LogP contribution in [0.3, 0.4) is 0 Å². The molecule has 1 aromatic carbocycles. The highest BCUT2D eigenvalue weighted by Gasteiger charge is 2.11. The Kier molecular flexibility index (Phi) is 4.49. The van der Waals surface area contributed by atoms with Crippen molar-refractivity contribution in [1.29, 1.82) is 0 Å². The molecule has 0 unspecified atom stereocenters. The number of para-hydroxylation sites is 1. The summed E-state index contributed by atoms with van der Waals surface area (Å²) in [6, 6.07) is 11.8. The summed E-state index contributed by atoms with van der Waals surface area (Å²) in [6.07, 6.45) is 2.14. The van der Waals surface area contributed by atoms with Crippen molar-refractivity contribution < 1.29 is 5.21 Å². The van der Waals surface area contributed by atoms with E-state index in [4.69, 9.17) is 10.9 Å². The van der Waals surface area contributed by atoms with E-state index in [1.807, 2.05) is 48.2 Å². The van der Waals surface area contributed by atoms with Crippen molar-refractivity contribution in [3.63, 3.8) is 0 Å². The zero-order valence-corrected chi connectivity index (χ0v) is 11.3. The van der Waals surface area contributed by atoms with Crippen molar-refractivity contribution in [2.24, 2.45) is 10.9 Å². The van der Waals surface area contributed by atoms with Gasteiger partial charge in [0.2, 0.25) is 0 Å². The van der Waals surface area contributed by atoms with Gasteiger partial charge in [0.15, 0.2) is 5.82 Å². The summed E-state index contributed by atoms with van der Waals surface area (Å²) in [4.78, 5) is 1.98. The molecule has 1 heterocycles. The molecule has 0 radical (unpaired) electrons. The number of rotatable bonds is 5. The van der Waals surface area contributed by atoms with E-state index in [1.165, 1.54) is 0 Å². The topological polar surface area (TPSA) is 87.6 Å². The summed E-state index contributed by atoms with van der Waals surface area (Å²) < 4.78 is 0. The van der Waals surface area contributed by atoms with Crippen molar-refractivity contribution in [3.05, 3.63) is 48.2 Å². The van der Waals surface area contributed by atoms with Crippen LogP contribution < -0.4 is 10.6 Å². The SMILES string of the molecule is Cc1cnnc(N(CC/C(N)=N/O)c2ccccc2)c1. The minimum Gasteiger partial charge on any atom is -0.409 e. The third kappa shape index (κ3) is 3.44. The highest BCUT2D eigenvalue weighted by Crippen LogP contribution is 2.23. The molecule has 3 N–H and O–H groups in total. The Labute approximate surface area is 117 Å². The molecule has 0 aliphatic carbocycles. The molecule has 104 valence electrons. The van der Waals surface area contributed by atoms with Gasteiger partial charge in [0, 0.05) is 18.7 Å². The van der Waals surface area contributed by atoms with Crippen LogP contribution in [0.25, 0.3) is 0 Å². The molecule has 0 saturated carbocycles. The molecule has 0 bridgehead atoms. The Hall–Kier alpha value is -2.63.